The normalized spacial score (nSPS) is 10.7. The molecule has 0 bridgehead atoms. The third-order valence-corrected chi connectivity index (χ3v) is 5.32. The van der Waals surface area contributed by atoms with Gasteiger partial charge in [-0.3, -0.25) is 4.79 Å². The fraction of sp³-hybridized carbons (Fsp3) is 0.200. The van der Waals surface area contributed by atoms with Crippen LogP contribution in [0.15, 0.2) is 65.5 Å². The van der Waals surface area contributed by atoms with Gasteiger partial charge in [-0.1, -0.05) is 30.3 Å². The van der Waals surface area contributed by atoms with Crippen molar-refractivity contribution in [3.05, 3.63) is 76.6 Å². The molecule has 33 heavy (non-hydrogen) atoms. The Hall–Kier alpha value is -4.20. The van der Waals surface area contributed by atoms with E-state index in [2.05, 4.69) is 5.43 Å². The highest BCUT2D eigenvalue weighted by atomic mass is 16.5. The first-order valence-corrected chi connectivity index (χ1v) is 10.3. The molecule has 0 aliphatic heterocycles. The van der Waals surface area contributed by atoms with Gasteiger partial charge in [-0.25, -0.2) is 9.66 Å². The van der Waals surface area contributed by atoms with Crippen LogP contribution in [-0.4, -0.2) is 38.1 Å². The average Bonchev–Trinajstić information content (AvgIpc) is 2.87. The molecule has 1 heterocycles. The van der Waals surface area contributed by atoms with E-state index >= 15 is 0 Å². The number of ether oxygens (including phenoxy) is 4. The molecule has 0 saturated carbocycles. The summed E-state index contributed by atoms with van der Waals surface area (Å²) in [6, 6.07) is 18.4. The minimum Gasteiger partial charge on any atom is -0.496 e. The van der Waals surface area contributed by atoms with E-state index in [4.69, 9.17) is 23.9 Å². The minimum absolute atomic E-state index is 0.223. The molecule has 0 radical (unpaired) electrons. The lowest BCUT2D eigenvalue weighted by molar-refractivity contribution is 0.324. The first-order chi connectivity index (χ1) is 16.1. The van der Waals surface area contributed by atoms with Gasteiger partial charge in [0.15, 0.2) is 17.3 Å². The summed E-state index contributed by atoms with van der Waals surface area (Å²) in [5.41, 5.74) is 5.10. The van der Waals surface area contributed by atoms with Gasteiger partial charge >= 0.3 is 0 Å². The molecular formula is C25H25N3O5. The van der Waals surface area contributed by atoms with E-state index in [-0.39, 0.29) is 5.56 Å². The molecule has 0 amide bonds. The van der Waals surface area contributed by atoms with Crippen LogP contribution in [0, 0.1) is 0 Å². The molecule has 4 rings (SSSR count). The fourth-order valence-electron chi connectivity index (χ4n) is 3.70. The minimum atomic E-state index is -0.223. The van der Waals surface area contributed by atoms with Gasteiger partial charge in [0.05, 0.1) is 45.9 Å². The van der Waals surface area contributed by atoms with Gasteiger partial charge in [0.2, 0.25) is 5.75 Å². The number of fused-ring (bicyclic) bond motifs is 1. The molecule has 0 atom stereocenters. The number of rotatable bonds is 8. The molecule has 8 nitrogen and oxygen atoms in total. The largest absolute Gasteiger partial charge is 0.496 e. The number of methoxy groups -OCH3 is 4. The van der Waals surface area contributed by atoms with Crippen molar-refractivity contribution in [2.75, 3.05) is 33.9 Å². The second kappa shape index (κ2) is 9.52. The molecule has 4 aromatic rings. The quantitative estimate of drug-likeness (QED) is 0.439. The van der Waals surface area contributed by atoms with Gasteiger partial charge in [0.25, 0.3) is 5.56 Å². The predicted molar refractivity (Wildman–Crippen MR) is 127 cm³/mol. The lowest BCUT2D eigenvalue weighted by Gasteiger charge is -2.18. The van der Waals surface area contributed by atoms with Crippen molar-refractivity contribution in [2.45, 2.75) is 6.54 Å². The van der Waals surface area contributed by atoms with Crippen molar-refractivity contribution in [1.82, 2.24) is 9.66 Å². The Morgan fingerprint density at radius 2 is 1.45 bits per heavy atom. The molecule has 0 aliphatic rings. The van der Waals surface area contributed by atoms with Gasteiger partial charge in [0.1, 0.15) is 5.75 Å². The van der Waals surface area contributed by atoms with Gasteiger partial charge in [-0.15, -0.1) is 0 Å². The third kappa shape index (κ3) is 4.15. The molecule has 0 spiro atoms. The predicted octanol–water partition coefficient (Wildman–Crippen LogP) is 3.84. The van der Waals surface area contributed by atoms with Crippen LogP contribution in [0.25, 0.3) is 22.3 Å². The molecule has 8 heteroatoms. The lowest BCUT2D eigenvalue weighted by Crippen LogP contribution is -2.31. The molecule has 1 N–H and O–H groups in total. The maximum atomic E-state index is 13.5. The van der Waals surface area contributed by atoms with Crippen LogP contribution in [0.1, 0.15) is 5.56 Å². The van der Waals surface area contributed by atoms with Crippen LogP contribution in [0.5, 0.6) is 23.0 Å². The number of hydrogen-bond acceptors (Lipinski definition) is 7. The summed E-state index contributed by atoms with van der Waals surface area (Å²) in [6.07, 6.45) is 0. The topological polar surface area (TPSA) is 83.8 Å². The van der Waals surface area contributed by atoms with Crippen LogP contribution in [0.4, 0.5) is 0 Å². The Kier molecular flexibility index (Phi) is 6.35. The standard InChI is InChI=1S/C25H25N3O5/c1-30-20-12-8-5-9-16(20)15-26-28-24(27-19-11-7-6-10-18(19)25(28)29)17-13-21(31-2)23(33-4)22(14-17)32-3/h5-14,26H,15H2,1-4H3. The van der Waals surface area contributed by atoms with Crippen molar-refractivity contribution < 1.29 is 18.9 Å². The van der Waals surface area contributed by atoms with E-state index in [0.29, 0.717) is 46.1 Å². The van der Waals surface area contributed by atoms with Crippen molar-refractivity contribution in [1.29, 1.82) is 0 Å². The summed E-state index contributed by atoms with van der Waals surface area (Å²) in [4.78, 5) is 18.3. The van der Waals surface area contributed by atoms with E-state index in [0.717, 1.165) is 11.3 Å². The zero-order chi connectivity index (χ0) is 23.4. The SMILES string of the molecule is COc1ccccc1CNn1c(-c2cc(OC)c(OC)c(OC)c2)nc2ccccc2c1=O. The second-order valence-corrected chi connectivity index (χ2v) is 7.15. The van der Waals surface area contributed by atoms with Crippen LogP contribution in [0.2, 0.25) is 0 Å². The smallest absolute Gasteiger partial charge is 0.280 e. The third-order valence-electron chi connectivity index (χ3n) is 5.32. The molecule has 1 aromatic heterocycles. The molecule has 170 valence electrons. The Balaban J connectivity index is 1.90. The second-order valence-electron chi connectivity index (χ2n) is 7.15. The van der Waals surface area contributed by atoms with Crippen LogP contribution < -0.4 is 29.9 Å². The van der Waals surface area contributed by atoms with Crippen molar-refractivity contribution in [3.63, 3.8) is 0 Å². The van der Waals surface area contributed by atoms with Crippen LogP contribution >= 0.6 is 0 Å². The summed E-state index contributed by atoms with van der Waals surface area (Å²) in [6.45, 7) is 0.349. The summed E-state index contributed by atoms with van der Waals surface area (Å²) in [5.74, 6) is 2.52. The zero-order valence-electron chi connectivity index (χ0n) is 18.9. The number of nitrogens with zero attached hydrogens (tertiary/aromatic N) is 2. The first kappa shape index (κ1) is 22.0. The van der Waals surface area contributed by atoms with Gasteiger partial charge in [0, 0.05) is 11.1 Å². The van der Waals surface area contributed by atoms with E-state index in [1.54, 1.807) is 46.6 Å². The van der Waals surface area contributed by atoms with Crippen molar-refractivity contribution >= 4 is 10.9 Å². The fourth-order valence-corrected chi connectivity index (χ4v) is 3.70. The van der Waals surface area contributed by atoms with Crippen LogP contribution in [-0.2, 0) is 6.54 Å². The van der Waals surface area contributed by atoms with Gasteiger partial charge in [-0.05, 0) is 30.3 Å². The van der Waals surface area contributed by atoms with Crippen LogP contribution in [0.3, 0.4) is 0 Å². The summed E-state index contributed by atoms with van der Waals surface area (Å²) in [5, 5.41) is 0.501. The molecule has 0 aliphatic carbocycles. The maximum Gasteiger partial charge on any atom is 0.280 e. The van der Waals surface area contributed by atoms with Gasteiger partial charge < -0.3 is 24.4 Å². The van der Waals surface area contributed by atoms with E-state index in [9.17, 15) is 4.79 Å². The lowest BCUT2D eigenvalue weighted by atomic mass is 10.1. The zero-order valence-corrected chi connectivity index (χ0v) is 18.9. The number of para-hydroxylation sites is 2. The number of aromatic nitrogens is 2. The Morgan fingerprint density at radius 1 is 0.818 bits per heavy atom. The number of benzene rings is 3. The highest BCUT2D eigenvalue weighted by Crippen LogP contribution is 2.40. The number of hydrogen-bond donors (Lipinski definition) is 1. The van der Waals surface area contributed by atoms with E-state index in [1.807, 2.05) is 42.5 Å². The maximum absolute atomic E-state index is 13.5. The van der Waals surface area contributed by atoms with Crippen molar-refractivity contribution in [2.24, 2.45) is 0 Å². The van der Waals surface area contributed by atoms with Gasteiger partial charge in [-0.2, -0.15) is 0 Å². The first-order valence-electron chi connectivity index (χ1n) is 10.3. The van der Waals surface area contributed by atoms with E-state index in [1.165, 1.54) is 4.68 Å². The molecule has 0 fully saturated rings. The highest BCUT2D eigenvalue weighted by Gasteiger charge is 2.19. The summed E-state index contributed by atoms with van der Waals surface area (Å²) >= 11 is 0. The Labute approximate surface area is 191 Å². The highest BCUT2D eigenvalue weighted by molar-refractivity contribution is 5.80. The Morgan fingerprint density at radius 3 is 2.12 bits per heavy atom. The molecule has 0 saturated heterocycles. The summed E-state index contributed by atoms with van der Waals surface area (Å²) in [7, 11) is 6.24. The molecular weight excluding hydrogens is 422 g/mol. The molecule has 3 aromatic carbocycles. The molecule has 0 unspecified atom stereocenters. The van der Waals surface area contributed by atoms with Crippen molar-refractivity contribution in [3.8, 4) is 34.4 Å². The Bertz CT molecular complexity index is 1320. The monoisotopic (exact) mass is 447 g/mol. The number of nitrogens with one attached hydrogen (secondary N) is 1. The van der Waals surface area contributed by atoms with E-state index < -0.39 is 0 Å². The summed E-state index contributed by atoms with van der Waals surface area (Å²) < 4.78 is 23.3. The average molecular weight is 447 g/mol.